The van der Waals surface area contributed by atoms with Crippen molar-refractivity contribution in [2.24, 2.45) is 0 Å². The maximum absolute atomic E-state index is 13.4. The van der Waals surface area contributed by atoms with Gasteiger partial charge in [-0.05, 0) is 30.3 Å². The Morgan fingerprint density at radius 3 is 2.23 bits per heavy atom. The SMILES string of the molecule is COc1cccc(NC2=C(c3ccccc3OC)C(=O)N(c3ccccc3)C2=O)c1. The third-order valence-corrected chi connectivity index (χ3v) is 4.81. The van der Waals surface area contributed by atoms with Gasteiger partial charge in [-0.15, -0.1) is 0 Å². The fourth-order valence-corrected chi connectivity index (χ4v) is 3.40. The molecule has 0 spiro atoms. The van der Waals surface area contributed by atoms with Gasteiger partial charge in [-0.3, -0.25) is 9.59 Å². The first kappa shape index (κ1) is 19.3. The second-order valence-corrected chi connectivity index (χ2v) is 6.59. The number of methoxy groups -OCH3 is 2. The second kappa shape index (κ2) is 8.13. The van der Waals surface area contributed by atoms with Crippen LogP contribution in [0.4, 0.5) is 11.4 Å². The summed E-state index contributed by atoms with van der Waals surface area (Å²) in [5, 5.41) is 3.13. The number of nitrogens with zero attached hydrogens (tertiary/aromatic N) is 1. The van der Waals surface area contributed by atoms with Crippen molar-refractivity contribution in [1.82, 2.24) is 0 Å². The highest BCUT2D eigenvalue weighted by Crippen LogP contribution is 2.37. The highest BCUT2D eigenvalue weighted by Gasteiger charge is 2.41. The van der Waals surface area contributed by atoms with E-state index in [9.17, 15) is 9.59 Å². The molecule has 0 bridgehead atoms. The standard InChI is InChI=1S/C24H20N2O4/c1-29-18-12-8-9-16(15-18)25-22-21(19-13-6-7-14-20(19)30-2)23(27)26(24(22)28)17-10-4-3-5-11-17/h3-15,25H,1-2H3. The summed E-state index contributed by atoms with van der Waals surface area (Å²) in [5.74, 6) is 0.292. The van der Waals surface area contributed by atoms with Crippen molar-refractivity contribution in [1.29, 1.82) is 0 Å². The van der Waals surface area contributed by atoms with Crippen molar-refractivity contribution in [3.63, 3.8) is 0 Å². The molecule has 0 saturated heterocycles. The number of carbonyl (C=O) groups excluding carboxylic acids is 2. The van der Waals surface area contributed by atoms with E-state index in [0.717, 1.165) is 0 Å². The van der Waals surface area contributed by atoms with Crippen LogP contribution in [0.5, 0.6) is 11.5 Å². The zero-order valence-corrected chi connectivity index (χ0v) is 16.6. The lowest BCUT2D eigenvalue weighted by Crippen LogP contribution is -2.32. The molecule has 0 unspecified atom stereocenters. The minimum absolute atomic E-state index is 0.182. The largest absolute Gasteiger partial charge is 0.497 e. The number of hydrogen-bond donors (Lipinski definition) is 1. The molecule has 1 aliphatic rings. The van der Waals surface area contributed by atoms with Crippen LogP contribution in [0.15, 0.2) is 84.6 Å². The van der Waals surface area contributed by atoms with Crippen LogP contribution in [0.25, 0.3) is 5.57 Å². The van der Waals surface area contributed by atoms with Gasteiger partial charge in [-0.25, -0.2) is 4.90 Å². The van der Waals surface area contributed by atoms with Crippen LogP contribution in [0.2, 0.25) is 0 Å². The van der Waals surface area contributed by atoms with Crippen molar-refractivity contribution in [3.8, 4) is 11.5 Å². The van der Waals surface area contributed by atoms with Crippen molar-refractivity contribution in [2.45, 2.75) is 0 Å². The van der Waals surface area contributed by atoms with Crippen LogP contribution in [-0.2, 0) is 9.59 Å². The topological polar surface area (TPSA) is 67.9 Å². The number of hydrogen-bond acceptors (Lipinski definition) is 5. The van der Waals surface area contributed by atoms with Crippen molar-refractivity contribution < 1.29 is 19.1 Å². The average molecular weight is 400 g/mol. The smallest absolute Gasteiger partial charge is 0.282 e. The summed E-state index contributed by atoms with van der Waals surface area (Å²) in [6, 6.07) is 23.2. The summed E-state index contributed by atoms with van der Waals surface area (Å²) in [4.78, 5) is 28.0. The number of ether oxygens (including phenoxy) is 2. The van der Waals surface area contributed by atoms with Crippen LogP contribution < -0.4 is 19.7 Å². The van der Waals surface area contributed by atoms with E-state index in [-0.39, 0.29) is 11.3 Å². The molecule has 1 N–H and O–H groups in total. The third kappa shape index (κ3) is 3.39. The van der Waals surface area contributed by atoms with E-state index < -0.39 is 11.8 Å². The van der Waals surface area contributed by atoms with Gasteiger partial charge in [0.25, 0.3) is 11.8 Å². The molecule has 150 valence electrons. The summed E-state index contributed by atoms with van der Waals surface area (Å²) in [5.41, 5.74) is 2.11. The lowest BCUT2D eigenvalue weighted by atomic mass is 10.0. The maximum Gasteiger partial charge on any atom is 0.282 e. The second-order valence-electron chi connectivity index (χ2n) is 6.59. The summed E-state index contributed by atoms with van der Waals surface area (Å²) >= 11 is 0. The first-order valence-electron chi connectivity index (χ1n) is 9.36. The van der Waals surface area contributed by atoms with E-state index in [2.05, 4.69) is 5.32 Å². The molecule has 3 aromatic rings. The molecule has 0 aromatic heterocycles. The summed E-state index contributed by atoms with van der Waals surface area (Å²) in [6.45, 7) is 0. The van der Waals surface area contributed by atoms with Crippen LogP contribution in [0.1, 0.15) is 5.56 Å². The summed E-state index contributed by atoms with van der Waals surface area (Å²) in [6.07, 6.45) is 0. The van der Waals surface area contributed by atoms with E-state index in [4.69, 9.17) is 9.47 Å². The highest BCUT2D eigenvalue weighted by atomic mass is 16.5. The van der Waals surface area contributed by atoms with Gasteiger partial charge in [-0.1, -0.05) is 42.5 Å². The maximum atomic E-state index is 13.4. The Kier molecular flexibility index (Phi) is 5.22. The molecule has 0 saturated carbocycles. The minimum atomic E-state index is -0.435. The predicted octanol–water partition coefficient (Wildman–Crippen LogP) is 4.10. The van der Waals surface area contributed by atoms with E-state index >= 15 is 0 Å². The fourth-order valence-electron chi connectivity index (χ4n) is 3.40. The Morgan fingerprint density at radius 2 is 1.50 bits per heavy atom. The van der Waals surface area contributed by atoms with Crippen LogP contribution >= 0.6 is 0 Å². The zero-order chi connectivity index (χ0) is 21.1. The Bertz CT molecular complexity index is 1140. The van der Waals surface area contributed by atoms with Crippen molar-refractivity contribution in [2.75, 3.05) is 24.4 Å². The molecule has 0 aliphatic carbocycles. The van der Waals surface area contributed by atoms with E-state index in [0.29, 0.717) is 28.4 Å². The fraction of sp³-hybridized carbons (Fsp3) is 0.0833. The van der Waals surface area contributed by atoms with Gasteiger partial charge in [0.1, 0.15) is 17.2 Å². The number of benzene rings is 3. The number of carbonyl (C=O) groups is 2. The Morgan fingerprint density at radius 1 is 0.767 bits per heavy atom. The molecule has 6 nitrogen and oxygen atoms in total. The molecule has 6 heteroatoms. The van der Waals surface area contributed by atoms with E-state index in [1.807, 2.05) is 12.1 Å². The zero-order valence-electron chi connectivity index (χ0n) is 16.6. The summed E-state index contributed by atoms with van der Waals surface area (Å²) in [7, 11) is 3.10. The van der Waals surface area contributed by atoms with Crippen molar-refractivity contribution >= 4 is 28.8 Å². The summed E-state index contributed by atoms with van der Waals surface area (Å²) < 4.78 is 10.7. The number of anilines is 2. The van der Waals surface area contributed by atoms with Gasteiger partial charge in [0.05, 0.1) is 25.5 Å². The quantitative estimate of drug-likeness (QED) is 0.631. The molecule has 2 amide bonds. The highest BCUT2D eigenvalue weighted by molar-refractivity contribution is 6.46. The Balaban J connectivity index is 1.86. The normalized spacial score (nSPS) is 13.6. The number of para-hydroxylation sites is 2. The Labute approximate surface area is 174 Å². The predicted molar refractivity (Wildman–Crippen MR) is 115 cm³/mol. The third-order valence-electron chi connectivity index (χ3n) is 4.81. The monoisotopic (exact) mass is 400 g/mol. The molecule has 4 rings (SSSR count). The molecule has 3 aromatic carbocycles. The molecular weight excluding hydrogens is 380 g/mol. The van der Waals surface area contributed by atoms with Gasteiger partial charge in [-0.2, -0.15) is 0 Å². The molecule has 30 heavy (non-hydrogen) atoms. The van der Waals surface area contributed by atoms with Gasteiger partial charge in [0.15, 0.2) is 0 Å². The molecule has 0 atom stereocenters. The van der Waals surface area contributed by atoms with Crippen LogP contribution in [-0.4, -0.2) is 26.0 Å². The van der Waals surface area contributed by atoms with E-state index in [1.165, 1.54) is 12.0 Å². The number of nitrogens with one attached hydrogen (secondary N) is 1. The van der Waals surface area contributed by atoms with Crippen molar-refractivity contribution in [3.05, 3.63) is 90.1 Å². The number of rotatable bonds is 6. The minimum Gasteiger partial charge on any atom is -0.497 e. The molecule has 1 aliphatic heterocycles. The molecule has 0 radical (unpaired) electrons. The van der Waals surface area contributed by atoms with E-state index in [1.54, 1.807) is 73.8 Å². The van der Waals surface area contributed by atoms with Crippen LogP contribution in [0.3, 0.4) is 0 Å². The first-order valence-corrected chi connectivity index (χ1v) is 9.36. The number of imide groups is 1. The molecular formula is C24H20N2O4. The average Bonchev–Trinajstić information content (AvgIpc) is 3.03. The van der Waals surface area contributed by atoms with Gasteiger partial charge in [0, 0.05) is 17.3 Å². The Hall–Kier alpha value is -4.06. The lowest BCUT2D eigenvalue weighted by Gasteiger charge is -2.15. The van der Waals surface area contributed by atoms with Gasteiger partial charge >= 0.3 is 0 Å². The van der Waals surface area contributed by atoms with Gasteiger partial charge in [0.2, 0.25) is 0 Å². The molecule has 0 fully saturated rings. The van der Waals surface area contributed by atoms with Crippen LogP contribution in [0, 0.1) is 0 Å². The lowest BCUT2D eigenvalue weighted by molar-refractivity contribution is -0.120. The molecule has 1 heterocycles. The number of amides is 2. The van der Waals surface area contributed by atoms with Gasteiger partial charge < -0.3 is 14.8 Å². The first-order chi connectivity index (χ1) is 14.6.